The fourth-order valence-corrected chi connectivity index (χ4v) is 10.0. The van der Waals surface area contributed by atoms with Crippen LogP contribution in [0.2, 0.25) is 0 Å². The van der Waals surface area contributed by atoms with E-state index >= 15 is 0 Å². The molecule has 0 atom stereocenters. The number of thiophene rings is 1. The number of para-hydroxylation sites is 1. The zero-order valence-corrected chi connectivity index (χ0v) is 29.2. The highest BCUT2D eigenvalue weighted by Gasteiger charge is 2.23. The molecule has 3 heteroatoms. The first-order valence-electron chi connectivity index (χ1n) is 18.0. The van der Waals surface area contributed by atoms with Crippen LogP contribution in [0.1, 0.15) is 0 Å². The third-order valence-corrected chi connectivity index (χ3v) is 12.3. The molecular weight excluding hydrogens is 665 g/mol. The normalized spacial score (nSPS) is 12.2. The van der Waals surface area contributed by atoms with Crippen LogP contribution in [0.25, 0.3) is 119 Å². The molecule has 12 aromatic rings. The van der Waals surface area contributed by atoms with Gasteiger partial charge in [0, 0.05) is 36.5 Å². The fraction of sp³-hybridized carbons (Fsp3) is 0. The molecular formula is C50H28O2S. The maximum absolute atomic E-state index is 6.65. The summed E-state index contributed by atoms with van der Waals surface area (Å²) < 4.78 is 14.3. The molecule has 12 rings (SSSR count). The van der Waals surface area contributed by atoms with Crippen molar-refractivity contribution in [3.05, 3.63) is 170 Å². The van der Waals surface area contributed by atoms with Crippen LogP contribution in [0.5, 0.6) is 0 Å². The van der Waals surface area contributed by atoms with E-state index in [0.29, 0.717) is 0 Å². The van der Waals surface area contributed by atoms with Gasteiger partial charge in [0.05, 0.1) is 0 Å². The number of furan rings is 2. The lowest BCUT2D eigenvalue weighted by Crippen LogP contribution is -1.91. The Labute approximate surface area is 307 Å². The summed E-state index contributed by atoms with van der Waals surface area (Å²) in [5.74, 6) is 0. The minimum Gasteiger partial charge on any atom is -0.456 e. The van der Waals surface area contributed by atoms with Crippen molar-refractivity contribution < 1.29 is 8.83 Å². The predicted octanol–water partition coefficient (Wildman–Crippen LogP) is 15.2. The molecule has 53 heavy (non-hydrogen) atoms. The number of hydrogen-bond donors (Lipinski definition) is 0. The molecule has 0 bridgehead atoms. The summed E-state index contributed by atoms with van der Waals surface area (Å²) >= 11 is 1.85. The Kier molecular flexibility index (Phi) is 5.96. The van der Waals surface area contributed by atoms with Gasteiger partial charge in [-0.05, 0) is 96.5 Å². The van der Waals surface area contributed by atoms with Gasteiger partial charge in [-0.2, -0.15) is 0 Å². The van der Waals surface area contributed by atoms with Crippen LogP contribution in [0.15, 0.2) is 179 Å². The summed E-state index contributed by atoms with van der Waals surface area (Å²) in [7, 11) is 0. The van der Waals surface area contributed by atoms with Crippen molar-refractivity contribution in [3.8, 4) is 32.7 Å². The van der Waals surface area contributed by atoms with Crippen LogP contribution in [-0.4, -0.2) is 0 Å². The van der Waals surface area contributed by atoms with Gasteiger partial charge in [0.2, 0.25) is 0 Å². The van der Waals surface area contributed by atoms with E-state index < -0.39 is 0 Å². The average molecular weight is 693 g/mol. The smallest absolute Gasteiger partial charge is 0.137 e. The number of fused-ring (bicyclic) bond motifs is 12. The molecule has 0 saturated carbocycles. The van der Waals surface area contributed by atoms with Crippen LogP contribution in [0, 0.1) is 0 Å². The molecule has 0 amide bonds. The zero-order chi connectivity index (χ0) is 34.6. The molecule has 0 aliphatic carbocycles. The van der Waals surface area contributed by atoms with Crippen LogP contribution < -0.4 is 0 Å². The minimum absolute atomic E-state index is 0.901. The topological polar surface area (TPSA) is 26.3 Å². The average Bonchev–Trinajstić information content (AvgIpc) is 3.93. The quantitative estimate of drug-likeness (QED) is 0.172. The lowest BCUT2D eigenvalue weighted by Gasteiger charge is -2.18. The van der Waals surface area contributed by atoms with Crippen LogP contribution >= 0.6 is 11.3 Å². The van der Waals surface area contributed by atoms with Gasteiger partial charge in [-0.3, -0.25) is 0 Å². The first-order chi connectivity index (χ1) is 26.3. The second-order valence-corrected chi connectivity index (χ2v) is 15.0. The maximum Gasteiger partial charge on any atom is 0.137 e. The van der Waals surface area contributed by atoms with Gasteiger partial charge in [0.1, 0.15) is 22.3 Å². The van der Waals surface area contributed by atoms with E-state index in [2.05, 4.69) is 170 Å². The van der Waals surface area contributed by atoms with Gasteiger partial charge in [0.25, 0.3) is 0 Å². The summed E-state index contributed by atoms with van der Waals surface area (Å²) in [4.78, 5) is 1.25. The largest absolute Gasteiger partial charge is 0.456 e. The second-order valence-electron chi connectivity index (χ2n) is 13.9. The van der Waals surface area contributed by atoms with E-state index in [1.807, 2.05) is 11.3 Å². The molecule has 9 aromatic carbocycles. The van der Waals surface area contributed by atoms with Crippen molar-refractivity contribution in [1.29, 1.82) is 0 Å². The van der Waals surface area contributed by atoms with Gasteiger partial charge in [0.15, 0.2) is 0 Å². The molecule has 246 valence electrons. The van der Waals surface area contributed by atoms with Gasteiger partial charge in [-0.1, -0.05) is 133 Å². The van der Waals surface area contributed by atoms with Crippen molar-refractivity contribution >= 4 is 97.6 Å². The predicted molar refractivity (Wildman–Crippen MR) is 225 cm³/mol. The van der Waals surface area contributed by atoms with Crippen molar-refractivity contribution in [1.82, 2.24) is 0 Å². The third-order valence-electron chi connectivity index (χ3n) is 11.1. The number of hydrogen-bond acceptors (Lipinski definition) is 3. The Balaban J connectivity index is 1.20. The summed E-state index contributed by atoms with van der Waals surface area (Å²) in [6, 6.07) is 61.2. The first kappa shape index (κ1) is 29.0. The number of rotatable bonds is 3. The van der Waals surface area contributed by atoms with Crippen LogP contribution in [0.3, 0.4) is 0 Å². The molecule has 0 radical (unpaired) electrons. The SMILES string of the molecule is c1ccc(-c2cc3c(-c4c5ccccc5c(-c5ccc6oc7ccc8ccccc8c7c6c5)c5ccccc45)cc4oc5ccccc5c4c3s2)cc1. The van der Waals surface area contributed by atoms with Crippen molar-refractivity contribution in [2.45, 2.75) is 0 Å². The zero-order valence-electron chi connectivity index (χ0n) is 28.4. The van der Waals surface area contributed by atoms with Crippen molar-refractivity contribution in [3.63, 3.8) is 0 Å². The summed E-state index contributed by atoms with van der Waals surface area (Å²) in [6.07, 6.45) is 0. The Bertz CT molecular complexity index is 3390. The molecule has 3 heterocycles. The third kappa shape index (κ3) is 4.14. The van der Waals surface area contributed by atoms with Crippen molar-refractivity contribution in [2.24, 2.45) is 0 Å². The van der Waals surface area contributed by atoms with Gasteiger partial charge < -0.3 is 8.83 Å². The summed E-state index contributed by atoms with van der Waals surface area (Å²) in [5.41, 5.74) is 9.68. The Hall–Kier alpha value is -6.68. The Morgan fingerprint density at radius 3 is 1.72 bits per heavy atom. The fourth-order valence-electron chi connectivity index (χ4n) is 8.77. The minimum atomic E-state index is 0.901. The highest BCUT2D eigenvalue weighted by molar-refractivity contribution is 7.23. The lowest BCUT2D eigenvalue weighted by atomic mass is 9.84. The highest BCUT2D eigenvalue weighted by atomic mass is 32.1. The Morgan fingerprint density at radius 2 is 0.943 bits per heavy atom. The molecule has 0 N–H and O–H groups in total. The lowest BCUT2D eigenvalue weighted by molar-refractivity contribution is 0.669. The number of benzene rings is 9. The van der Waals surface area contributed by atoms with Gasteiger partial charge in [-0.15, -0.1) is 11.3 Å². The maximum atomic E-state index is 6.65. The molecule has 2 nitrogen and oxygen atoms in total. The van der Waals surface area contributed by atoms with Gasteiger partial charge in [-0.25, -0.2) is 0 Å². The summed E-state index contributed by atoms with van der Waals surface area (Å²) in [5, 5.41) is 13.2. The molecule has 0 spiro atoms. The van der Waals surface area contributed by atoms with Crippen LogP contribution in [-0.2, 0) is 0 Å². The monoisotopic (exact) mass is 692 g/mol. The van der Waals surface area contributed by atoms with Crippen molar-refractivity contribution in [2.75, 3.05) is 0 Å². The van der Waals surface area contributed by atoms with E-state index in [1.165, 1.54) is 85.9 Å². The molecule has 0 unspecified atom stereocenters. The van der Waals surface area contributed by atoms with E-state index in [9.17, 15) is 0 Å². The first-order valence-corrected chi connectivity index (χ1v) is 18.8. The molecule has 0 aliphatic rings. The van der Waals surface area contributed by atoms with E-state index in [0.717, 1.165) is 33.1 Å². The van der Waals surface area contributed by atoms with E-state index in [4.69, 9.17) is 8.83 Å². The van der Waals surface area contributed by atoms with Gasteiger partial charge >= 0.3 is 0 Å². The molecule has 0 fully saturated rings. The van der Waals surface area contributed by atoms with E-state index in [-0.39, 0.29) is 0 Å². The molecule has 0 saturated heterocycles. The molecule has 3 aromatic heterocycles. The second kappa shape index (κ2) is 10.9. The Morgan fingerprint density at radius 1 is 0.340 bits per heavy atom. The van der Waals surface area contributed by atoms with Crippen LogP contribution in [0.4, 0.5) is 0 Å². The highest BCUT2D eigenvalue weighted by Crippen LogP contribution is 2.51. The van der Waals surface area contributed by atoms with E-state index in [1.54, 1.807) is 0 Å². The molecule has 0 aliphatic heterocycles. The standard InChI is InChI=1S/C50H28O2S/c1-2-13-30(14-3-1)45-28-39-38(27-44-49(50(39)53-45)37-20-10-11-21-41(37)52-44)47-35-18-8-6-16-33(35)46(34-17-7-9-19-36(34)47)31-23-24-42-40(26-31)48-32-15-5-4-12-29(32)22-25-43(48)51-42/h1-28H. The summed E-state index contributed by atoms with van der Waals surface area (Å²) in [6.45, 7) is 0.